The lowest BCUT2D eigenvalue weighted by Gasteiger charge is -2.20. The molecule has 0 unspecified atom stereocenters. The molecule has 1 aromatic carbocycles. The number of nitrogens with one attached hydrogen (secondary N) is 1. The zero-order chi connectivity index (χ0) is 27.2. The highest BCUT2D eigenvalue weighted by molar-refractivity contribution is 7.14. The van der Waals surface area contributed by atoms with Crippen molar-refractivity contribution in [3.63, 3.8) is 0 Å². The number of fused-ring (bicyclic) bond motifs is 1. The van der Waals surface area contributed by atoms with Crippen LogP contribution in [0.1, 0.15) is 26.5 Å². The molecule has 4 rings (SSSR count). The van der Waals surface area contributed by atoms with Crippen molar-refractivity contribution < 1.29 is 9.53 Å². The van der Waals surface area contributed by atoms with Crippen LogP contribution in [0.4, 0.5) is 5.13 Å². The van der Waals surface area contributed by atoms with Gasteiger partial charge in [0.2, 0.25) is 5.91 Å². The van der Waals surface area contributed by atoms with Gasteiger partial charge in [0.25, 0.3) is 5.56 Å². The normalized spacial score (nSPS) is 11.8. The summed E-state index contributed by atoms with van der Waals surface area (Å²) in [6, 6.07) is 5.16. The standard InChI is InChI=1S/C25H27Cl2N5O4S/c1-13-7-18-20(22(34)31(6)24(35)30(18)5)32(13)10-19(33)29-23-28-17(11-37-23)14-8-15(26)21(16(27)9-14)36-12-25(2,3)4/h7-9,11H,10,12H2,1-6H3,(H,28,29,33). The van der Waals surface area contributed by atoms with Crippen LogP contribution in [-0.2, 0) is 25.4 Å². The molecule has 0 bridgehead atoms. The first-order valence-electron chi connectivity index (χ1n) is 11.4. The van der Waals surface area contributed by atoms with Crippen LogP contribution in [0.5, 0.6) is 5.75 Å². The van der Waals surface area contributed by atoms with Crippen molar-refractivity contribution in [3.8, 4) is 17.0 Å². The molecule has 1 amide bonds. The molecule has 0 aliphatic rings. The number of anilines is 1. The highest BCUT2D eigenvalue weighted by Crippen LogP contribution is 2.39. The molecule has 0 fully saturated rings. The lowest BCUT2D eigenvalue weighted by molar-refractivity contribution is -0.116. The van der Waals surface area contributed by atoms with E-state index in [-0.39, 0.29) is 23.4 Å². The first kappa shape index (κ1) is 27.0. The van der Waals surface area contributed by atoms with Crippen LogP contribution in [0.15, 0.2) is 33.2 Å². The van der Waals surface area contributed by atoms with Gasteiger partial charge in [-0.05, 0) is 30.5 Å². The number of aryl methyl sites for hydroxylation is 2. The molecule has 0 saturated carbocycles. The van der Waals surface area contributed by atoms with Crippen LogP contribution in [-0.4, -0.2) is 31.2 Å². The Bertz CT molecular complexity index is 1620. The van der Waals surface area contributed by atoms with Gasteiger partial charge in [0.05, 0.1) is 27.9 Å². The fraction of sp³-hybridized carbons (Fsp3) is 0.360. The van der Waals surface area contributed by atoms with Crippen LogP contribution >= 0.6 is 34.5 Å². The van der Waals surface area contributed by atoms with Gasteiger partial charge in [-0.15, -0.1) is 11.3 Å². The number of ether oxygens (including phenoxy) is 1. The summed E-state index contributed by atoms with van der Waals surface area (Å²) in [6.45, 7) is 8.27. The summed E-state index contributed by atoms with van der Waals surface area (Å²) in [6.07, 6.45) is 0. The summed E-state index contributed by atoms with van der Waals surface area (Å²) in [5.74, 6) is 0.0584. The van der Waals surface area contributed by atoms with Crippen molar-refractivity contribution in [2.75, 3.05) is 11.9 Å². The molecule has 3 heterocycles. The largest absolute Gasteiger partial charge is 0.490 e. The van der Waals surface area contributed by atoms with E-state index < -0.39 is 11.2 Å². The number of halogens is 2. The second-order valence-corrected chi connectivity index (χ2v) is 11.7. The van der Waals surface area contributed by atoms with Crippen LogP contribution < -0.4 is 21.3 Å². The summed E-state index contributed by atoms with van der Waals surface area (Å²) >= 11 is 14.1. The van der Waals surface area contributed by atoms with Crippen LogP contribution in [0.3, 0.4) is 0 Å². The number of amides is 1. The van der Waals surface area contributed by atoms with Gasteiger partial charge in [-0.25, -0.2) is 9.78 Å². The molecule has 0 saturated heterocycles. The minimum Gasteiger partial charge on any atom is -0.490 e. The number of hydrogen-bond donors (Lipinski definition) is 1. The van der Waals surface area contributed by atoms with Crippen molar-refractivity contribution in [2.45, 2.75) is 34.2 Å². The molecule has 3 aromatic heterocycles. The predicted octanol–water partition coefficient (Wildman–Crippen LogP) is 4.84. The van der Waals surface area contributed by atoms with Crippen molar-refractivity contribution >= 4 is 56.6 Å². The predicted molar refractivity (Wildman–Crippen MR) is 148 cm³/mol. The van der Waals surface area contributed by atoms with Crippen molar-refractivity contribution in [1.82, 2.24) is 18.7 Å². The van der Waals surface area contributed by atoms with Gasteiger partial charge in [-0.2, -0.15) is 0 Å². The van der Waals surface area contributed by atoms with Gasteiger partial charge < -0.3 is 14.6 Å². The van der Waals surface area contributed by atoms with Crippen LogP contribution in [0, 0.1) is 12.3 Å². The SMILES string of the molecule is Cc1cc2c(c(=O)n(C)c(=O)n2C)n1CC(=O)Nc1nc(-c2cc(Cl)c(OCC(C)(C)C)c(Cl)c2)cs1. The van der Waals surface area contributed by atoms with E-state index in [1.807, 2.05) is 0 Å². The van der Waals surface area contributed by atoms with E-state index in [9.17, 15) is 14.4 Å². The van der Waals surface area contributed by atoms with E-state index in [4.69, 9.17) is 27.9 Å². The maximum Gasteiger partial charge on any atom is 0.331 e. The summed E-state index contributed by atoms with van der Waals surface area (Å²) < 4.78 is 9.83. The molecule has 1 N–H and O–H groups in total. The smallest absolute Gasteiger partial charge is 0.331 e. The minimum atomic E-state index is -0.459. The molecule has 0 radical (unpaired) electrons. The molecule has 0 aliphatic carbocycles. The van der Waals surface area contributed by atoms with E-state index in [1.54, 1.807) is 42.1 Å². The highest BCUT2D eigenvalue weighted by Gasteiger charge is 2.19. The maximum atomic E-state index is 12.9. The Morgan fingerprint density at radius 3 is 2.38 bits per heavy atom. The summed E-state index contributed by atoms with van der Waals surface area (Å²) in [7, 11) is 3.00. The first-order chi connectivity index (χ1) is 17.3. The van der Waals surface area contributed by atoms with Crippen molar-refractivity contribution in [3.05, 3.63) is 60.2 Å². The number of thiazole rings is 1. The fourth-order valence-corrected chi connectivity index (χ4v) is 5.15. The van der Waals surface area contributed by atoms with E-state index >= 15 is 0 Å². The average Bonchev–Trinajstić information content (AvgIpc) is 3.39. The van der Waals surface area contributed by atoms with E-state index in [0.29, 0.717) is 50.0 Å². The Hall–Kier alpha value is -3.08. The minimum absolute atomic E-state index is 0.0532. The number of carbonyl (C=O) groups is 1. The summed E-state index contributed by atoms with van der Waals surface area (Å²) in [5, 5.41) is 5.69. The Morgan fingerprint density at radius 2 is 1.76 bits per heavy atom. The number of hydrogen-bond acceptors (Lipinski definition) is 6. The van der Waals surface area contributed by atoms with Gasteiger partial charge in [-0.1, -0.05) is 44.0 Å². The monoisotopic (exact) mass is 563 g/mol. The lowest BCUT2D eigenvalue weighted by atomic mass is 9.99. The number of benzene rings is 1. The van der Waals surface area contributed by atoms with Gasteiger partial charge in [-0.3, -0.25) is 18.7 Å². The molecule has 4 aromatic rings. The lowest BCUT2D eigenvalue weighted by Crippen LogP contribution is -2.37. The highest BCUT2D eigenvalue weighted by atomic mass is 35.5. The third kappa shape index (κ3) is 5.46. The molecule has 37 heavy (non-hydrogen) atoms. The Balaban J connectivity index is 1.54. The van der Waals surface area contributed by atoms with Crippen LogP contribution in [0.2, 0.25) is 10.0 Å². The third-order valence-corrected chi connectivity index (χ3v) is 7.04. The number of carbonyl (C=O) groups excluding carboxylic acids is 1. The van der Waals surface area contributed by atoms with Crippen LogP contribution in [0.25, 0.3) is 22.3 Å². The molecular formula is C25H27Cl2N5O4S. The third-order valence-electron chi connectivity index (χ3n) is 5.72. The average molecular weight is 564 g/mol. The molecule has 12 heteroatoms. The fourth-order valence-electron chi connectivity index (χ4n) is 3.82. The van der Waals surface area contributed by atoms with Crippen molar-refractivity contribution in [1.29, 1.82) is 0 Å². The van der Waals surface area contributed by atoms with E-state index in [1.165, 1.54) is 23.0 Å². The summed E-state index contributed by atoms with van der Waals surface area (Å²) in [5.41, 5.74) is 1.78. The van der Waals surface area contributed by atoms with Gasteiger partial charge in [0.1, 0.15) is 12.1 Å². The number of rotatable bonds is 6. The van der Waals surface area contributed by atoms with E-state index in [2.05, 4.69) is 31.1 Å². The molecule has 196 valence electrons. The maximum absolute atomic E-state index is 12.9. The quantitative estimate of drug-likeness (QED) is 0.361. The zero-order valence-electron chi connectivity index (χ0n) is 21.3. The first-order valence-corrected chi connectivity index (χ1v) is 13.0. The Kier molecular flexibility index (Phi) is 7.29. The molecule has 0 atom stereocenters. The van der Waals surface area contributed by atoms with Gasteiger partial charge >= 0.3 is 5.69 Å². The topological polar surface area (TPSA) is 100 Å². The second kappa shape index (κ2) is 10.00. The van der Waals surface area contributed by atoms with E-state index in [0.717, 1.165) is 4.57 Å². The van der Waals surface area contributed by atoms with Gasteiger partial charge in [0.15, 0.2) is 10.9 Å². The molecule has 9 nitrogen and oxygen atoms in total. The molecule has 0 spiro atoms. The van der Waals surface area contributed by atoms with Gasteiger partial charge in [0, 0.05) is 30.7 Å². The molecular weight excluding hydrogens is 537 g/mol. The Morgan fingerprint density at radius 1 is 1.11 bits per heavy atom. The van der Waals surface area contributed by atoms with Crippen molar-refractivity contribution in [2.24, 2.45) is 19.5 Å². The molecule has 0 aliphatic heterocycles. The number of nitrogens with zero attached hydrogens (tertiary/aromatic N) is 4. The second-order valence-electron chi connectivity index (χ2n) is 10.0. The number of aromatic nitrogens is 4. The zero-order valence-corrected chi connectivity index (χ0v) is 23.6. The summed E-state index contributed by atoms with van der Waals surface area (Å²) in [4.78, 5) is 42.4. The Labute approximate surface area is 227 Å².